The average Bonchev–Trinajstić information content (AvgIpc) is 3.50. The molecule has 5 rings (SSSR count). The molecule has 3 fully saturated rings. The first kappa shape index (κ1) is 20.3. The van der Waals surface area contributed by atoms with Gasteiger partial charge in [0.1, 0.15) is 15.9 Å². The number of hydrogen-bond acceptors (Lipinski definition) is 6. The van der Waals surface area contributed by atoms with E-state index < -0.39 is 10.0 Å². The van der Waals surface area contributed by atoms with Gasteiger partial charge in [0.25, 0.3) is 0 Å². The first-order chi connectivity index (χ1) is 14.4. The average molecular weight is 449 g/mol. The molecule has 2 heterocycles. The highest BCUT2D eigenvalue weighted by Crippen LogP contribution is 2.49. The van der Waals surface area contributed by atoms with Crippen molar-refractivity contribution in [2.75, 3.05) is 13.1 Å². The van der Waals surface area contributed by atoms with E-state index in [0.29, 0.717) is 42.9 Å². The first-order valence-electron chi connectivity index (χ1n) is 11.0. The minimum atomic E-state index is -3.64. The van der Waals surface area contributed by atoms with Crippen molar-refractivity contribution < 1.29 is 13.2 Å². The summed E-state index contributed by atoms with van der Waals surface area (Å²) in [5, 5.41) is 3.26. The molecule has 1 aromatic carbocycles. The zero-order valence-electron chi connectivity index (χ0n) is 17.2. The fourth-order valence-corrected chi connectivity index (χ4v) is 8.06. The number of rotatable bonds is 5. The van der Waals surface area contributed by atoms with Crippen LogP contribution in [0.15, 0.2) is 23.1 Å². The fourth-order valence-electron chi connectivity index (χ4n) is 5.84. The summed E-state index contributed by atoms with van der Waals surface area (Å²) in [6, 6.07) is 5.28. The highest BCUT2D eigenvalue weighted by molar-refractivity contribution is 7.89. The SMILES string of the molecule is CC(NC(=O)C1CCN(S(=O)(=O)c2cccc3nsnc23)CC1)C1CC2CCC1C2. The number of piperidine rings is 1. The van der Waals surface area contributed by atoms with Gasteiger partial charge in [0, 0.05) is 25.0 Å². The van der Waals surface area contributed by atoms with Crippen molar-refractivity contribution in [2.45, 2.75) is 56.4 Å². The molecule has 2 aliphatic carbocycles. The van der Waals surface area contributed by atoms with Crippen LogP contribution in [0.4, 0.5) is 0 Å². The number of carbonyl (C=O) groups is 1. The van der Waals surface area contributed by atoms with Gasteiger partial charge in [0.15, 0.2) is 0 Å². The lowest BCUT2D eigenvalue weighted by molar-refractivity contribution is -0.127. The Kier molecular flexibility index (Phi) is 5.31. The highest BCUT2D eigenvalue weighted by Gasteiger charge is 2.42. The van der Waals surface area contributed by atoms with Crippen molar-refractivity contribution in [1.82, 2.24) is 18.4 Å². The van der Waals surface area contributed by atoms with Crippen LogP contribution in [0.5, 0.6) is 0 Å². The zero-order chi connectivity index (χ0) is 20.9. The van der Waals surface area contributed by atoms with Crippen LogP contribution in [0.1, 0.15) is 45.4 Å². The van der Waals surface area contributed by atoms with Crippen LogP contribution >= 0.6 is 11.7 Å². The molecule has 1 saturated heterocycles. The number of nitrogens with one attached hydrogen (secondary N) is 1. The lowest BCUT2D eigenvalue weighted by Gasteiger charge is -2.33. The Morgan fingerprint density at radius 1 is 1.17 bits per heavy atom. The summed E-state index contributed by atoms with van der Waals surface area (Å²) in [5.41, 5.74) is 1.03. The number of hydrogen-bond donors (Lipinski definition) is 1. The summed E-state index contributed by atoms with van der Waals surface area (Å²) in [6.45, 7) is 2.86. The summed E-state index contributed by atoms with van der Waals surface area (Å²) < 4.78 is 36.1. The van der Waals surface area contributed by atoms with Crippen LogP contribution < -0.4 is 5.32 Å². The lowest BCUT2D eigenvalue weighted by atomic mass is 9.83. The highest BCUT2D eigenvalue weighted by atomic mass is 32.2. The standard InChI is InChI=1S/C21H28N4O3S2/c1-13(17-12-14-5-6-16(17)11-14)22-21(26)15-7-9-25(10-8-15)30(27,28)19-4-2-3-18-20(19)24-29-23-18/h2-4,13-17H,5-12H2,1H3,(H,22,26). The van der Waals surface area contributed by atoms with E-state index in [1.807, 2.05) is 0 Å². The third-order valence-corrected chi connectivity index (χ3v) is 9.97. The number of sulfonamides is 1. The van der Waals surface area contributed by atoms with Gasteiger partial charge < -0.3 is 5.32 Å². The Morgan fingerprint density at radius 3 is 2.67 bits per heavy atom. The molecule has 0 spiro atoms. The van der Waals surface area contributed by atoms with Gasteiger partial charge in [-0.05, 0) is 68.9 Å². The van der Waals surface area contributed by atoms with Crippen molar-refractivity contribution in [3.05, 3.63) is 18.2 Å². The predicted octanol–water partition coefficient (Wildman–Crippen LogP) is 3.03. The zero-order valence-corrected chi connectivity index (χ0v) is 18.8. The van der Waals surface area contributed by atoms with E-state index in [9.17, 15) is 13.2 Å². The van der Waals surface area contributed by atoms with Crippen molar-refractivity contribution in [3.8, 4) is 0 Å². The molecule has 9 heteroatoms. The van der Waals surface area contributed by atoms with Crippen molar-refractivity contribution in [1.29, 1.82) is 0 Å². The van der Waals surface area contributed by atoms with E-state index >= 15 is 0 Å². The topological polar surface area (TPSA) is 92.3 Å². The molecule has 1 N–H and O–H groups in total. The third kappa shape index (κ3) is 3.54. The Bertz CT molecular complexity index is 1050. The first-order valence-corrected chi connectivity index (χ1v) is 13.1. The summed E-state index contributed by atoms with van der Waals surface area (Å²) >= 11 is 1.02. The number of carbonyl (C=O) groups excluding carboxylic acids is 1. The molecule has 162 valence electrons. The Morgan fingerprint density at radius 2 is 1.97 bits per heavy atom. The maximum Gasteiger partial charge on any atom is 0.245 e. The van der Waals surface area contributed by atoms with Gasteiger partial charge in [0.2, 0.25) is 15.9 Å². The van der Waals surface area contributed by atoms with Crippen molar-refractivity contribution in [2.24, 2.45) is 23.7 Å². The van der Waals surface area contributed by atoms with Gasteiger partial charge in [-0.15, -0.1) is 0 Å². The van der Waals surface area contributed by atoms with Gasteiger partial charge in [-0.3, -0.25) is 4.79 Å². The Labute approximate surface area is 181 Å². The summed E-state index contributed by atoms with van der Waals surface area (Å²) in [7, 11) is -3.64. The molecule has 0 radical (unpaired) electrons. The second-order valence-electron chi connectivity index (χ2n) is 9.20. The smallest absolute Gasteiger partial charge is 0.245 e. The molecule has 4 atom stereocenters. The number of amides is 1. The van der Waals surface area contributed by atoms with Gasteiger partial charge in [-0.25, -0.2) is 8.42 Å². The monoisotopic (exact) mass is 448 g/mol. The van der Waals surface area contributed by atoms with Crippen LogP contribution in [0.3, 0.4) is 0 Å². The molecule has 7 nitrogen and oxygen atoms in total. The molecular formula is C21H28N4O3S2. The summed E-state index contributed by atoms with van der Waals surface area (Å²) in [4.78, 5) is 13.1. The number of fused-ring (bicyclic) bond motifs is 3. The molecule has 1 amide bonds. The minimum Gasteiger partial charge on any atom is -0.353 e. The molecular weight excluding hydrogens is 420 g/mol. The number of aromatic nitrogens is 2. The minimum absolute atomic E-state index is 0.0909. The lowest BCUT2D eigenvalue weighted by Crippen LogP contribution is -2.47. The Balaban J connectivity index is 1.21. The van der Waals surface area contributed by atoms with Gasteiger partial charge in [-0.1, -0.05) is 12.5 Å². The predicted molar refractivity (Wildman–Crippen MR) is 115 cm³/mol. The Hall–Kier alpha value is -1.58. The third-order valence-electron chi connectivity index (χ3n) is 7.50. The molecule has 4 unspecified atom stereocenters. The normalized spacial score (nSPS) is 28.8. The molecule has 1 aliphatic heterocycles. The van der Waals surface area contributed by atoms with Crippen LogP contribution in [0.25, 0.3) is 11.0 Å². The van der Waals surface area contributed by atoms with Gasteiger partial charge in [-0.2, -0.15) is 13.1 Å². The van der Waals surface area contributed by atoms with E-state index in [0.717, 1.165) is 23.6 Å². The molecule has 1 aromatic heterocycles. The second-order valence-corrected chi connectivity index (χ2v) is 11.6. The molecule has 2 saturated carbocycles. The molecule has 3 aliphatic rings. The van der Waals surface area contributed by atoms with Crippen molar-refractivity contribution >= 4 is 38.7 Å². The van der Waals surface area contributed by atoms with Gasteiger partial charge >= 0.3 is 0 Å². The molecule has 30 heavy (non-hydrogen) atoms. The van der Waals surface area contributed by atoms with E-state index in [4.69, 9.17) is 0 Å². The largest absolute Gasteiger partial charge is 0.353 e. The molecule has 2 bridgehead atoms. The maximum absolute atomic E-state index is 13.2. The van der Waals surface area contributed by atoms with Crippen LogP contribution in [0, 0.1) is 23.7 Å². The van der Waals surface area contributed by atoms with E-state index in [-0.39, 0.29) is 22.8 Å². The van der Waals surface area contributed by atoms with E-state index in [1.165, 1.54) is 30.0 Å². The summed E-state index contributed by atoms with van der Waals surface area (Å²) in [5.74, 6) is 2.23. The fraction of sp³-hybridized carbons (Fsp3) is 0.667. The van der Waals surface area contributed by atoms with E-state index in [2.05, 4.69) is 21.0 Å². The van der Waals surface area contributed by atoms with Gasteiger partial charge in [0.05, 0.1) is 11.7 Å². The number of benzene rings is 1. The quantitative estimate of drug-likeness (QED) is 0.759. The van der Waals surface area contributed by atoms with Crippen LogP contribution in [0.2, 0.25) is 0 Å². The van der Waals surface area contributed by atoms with Crippen LogP contribution in [-0.2, 0) is 14.8 Å². The molecule has 2 aromatic rings. The number of nitrogens with zero attached hydrogens (tertiary/aromatic N) is 3. The second kappa shape index (κ2) is 7.84. The van der Waals surface area contributed by atoms with Crippen LogP contribution in [-0.4, -0.2) is 46.5 Å². The maximum atomic E-state index is 13.2. The summed E-state index contributed by atoms with van der Waals surface area (Å²) in [6.07, 6.45) is 6.37. The van der Waals surface area contributed by atoms with Crippen molar-refractivity contribution in [3.63, 3.8) is 0 Å². The van der Waals surface area contributed by atoms with E-state index in [1.54, 1.807) is 18.2 Å².